The van der Waals surface area contributed by atoms with Gasteiger partial charge in [-0.1, -0.05) is 25.1 Å². The number of nitrogens with zero attached hydrogens (tertiary/aromatic N) is 2. The molecule has 0 aromatic heterocycles. The summed E-state index contributed by atoms with van der Waals surface area (Å²) in [5.74, 6) is -0.926. The molecule has 1 amide bonds. The highest BCUT2D eigenvalue weighted by Crippen LogP contribution is 2.26. The molecule has 2 aromatic carbocycles. The number of rotatable bonds is 5. The molecule has 3 nitrogen and oxygen atoms in total. The molecule has 0 atom stereocenters. The molecule has 0 spiro atoms. The molecule has 27 heavy (non-hydrogen) atoms. The van der Waals surface area contributed by atoms with E-state index in [0.717, 1.165) is 43.2 Å². The smallest absolute Gasteiger partial charge is 0.226 e. The molecule has 0 radical (unpaired) electrons. The number of aryl methyl sites for hydroxylation is 1. The Balaban J connectivity index is 1.67. The highest BCUT2D eigenvalue weighted by atomic mass is 19.1. The van der Waals surface area contributed by atoms with E-state index in [1.165, 1.54) is 12.1 Å². The van der Waals surface area contributed by atoms with Gasteiger partial charge in [-0.2, -0.15) is 0 Å². The van der Waals surface area contributed by atoms with Crippen molar-refractivity contribution in [2.75, 3.05) is 18.0 Å². The molecule has 1 aliphatic rings. The lowest BCUT2D eigenvalue weighted by Crippen LogP contribution is -2.47. The van der Waals surface area contributed by atoms with E-state index in [4.69, 9.17) is 0 Å². The first-order valence-corrected chi connectivity index (χ1v) is 9.53. The molecular formula is C22H26F2N2O. The van der Waals surface area contributed by atoms with E-state index >= 15 is 0 Å². The van der Waals surface area contributed by atoms with Crippen LogP contribution in [0.2, 0.25) is 0 Å². The van der Waals surface area contributed by atoms with Crippen molar-refractivity contribution in [3.8, 4) is 0 Å². The van der Waals surface area contributed by atoms with Gasteiger partial charge in [0.15, 0.2) is 0 Å². The van der Waals surface area contributed by atoms with E-state index < -0.39 is 11.6 Å². The van der Waals surface area contributed by atoms with Crippen molar-refractivity contribution in [1.29, 1.82) is 0 Å². The highest BCUT2D eigenvalue weighted by Gasteiger charge is 2.28. The minimum absolute atomic E-state index is 0.128. The predicted molar refractivity (Wildman–Crippen MR) is 104 cm³/mol. The molecule has 1 heterocycles. The van der Waals surface area contributed by atoms with Gasteiger partial charge in [0.05, 0.1) is 0 Å². The molecular weight excluding hydrogens is 346 g/mol. The second-order valence-corrected chi connectivity index (χ2v) is 7.20. The third-order valence-electron chi connectivity index (χ3n) is 5.18. The summed E-state index contributed by atoms with van der Waals surface area (Å²) in [5.41, 5.74) is 2.59. The van der Waals surface area contributed by atoms with Gasteiger partial charge in [-0.3, -0.25) is 9.69 Å². The zero-order valence-electron chi connectivity index (χ0n) is 15.9. The lowest BCUT2D eigenvalue weighted by atomic mass is 10.0. The Morgan fingerprint density at radius 1 is 1.15 bits per heavy atom. The van der Waals surface area contributed by atoms with Crippen LogP contribution in [0, 0.1) is 18.6 Å². The Morgan fingerprint density at radius 2 is 1.89 bits per heavy atom. The number of anilines is 1. The van der Waals surface area contributed by atoms with Crippen molar-refractivity contribution in [3.05, 3.63) is 65.2 Å². The summed E-state index contributed by atoms with van der Waals surface area (Å²) in [6.45, 7) is 5.93. The average molecular weight is 372 g/mol. The Labute approximate surface area is 159 Å². The summed E-state index contributed by atoms with van der Waals surface area (Å²) in [7, 11) is 0. The first-order valence-electron chi connectivity index (χ1n) is 9.53. The molecule has 1 saturated heterocycles. The molecule has 0 aliphatic carbocycles. The average Bonchev–Trinajstić information content (AvgIpc) is 2.65. The maximum absolute atomic E-state index is 13.9. The minimum Gasteiger partial charge on any atom is -0.309 e. The van der Waals surface area contributed by atoms with Gasteiger partial charge < -0.3 is 4.90 Å². The van der Waals surface area contributed by atoms with Crippen LogP contribution in [0.4, 0.5) is 14.5 Å². The molecule has 144 valence electrons. The van der Waals surface area contributed by atoms with Gasteiger partial charge in [-0.25, -0.2) is 8.78 Å². The van der Waals surface area contributed by atoms with Crippen molar-refractivity contribution in [1.82, 2.24) is 4.90 Å². The van der Waals surface area contributed by atoms with Gasteiger partial charge in [-0.15, -0.1) is 0 Å². The standard InChI is InChI=1S/C22H26F2N2O/c1-3-22(27)26(20-6-4-5-16(2)13-20)19-9-11-25(12-10-19)15-17-7-8-18(23)14-21(17)24/h4-8,13-14,19H,3,9-12,15H2,1-2H3. The molecule has 2 aromatic rings. The minimum atomic E-state index is -0.554. The number of carbonyl (C=O) groups excluding carboxylic acids is 1. The number of benzene rings is 2. The van der Waals surface area contributed by atoms with Crippen LogP contribution in [0.1, 0.15) is 37.3 Å². The van der Waals surface area contributed by atoms with Crippen LogP contribution in [-0.2, 0) is 11.3 Å². The molecule has 1 fully saturated rings. The van der Waals surface area contributed by atoms with E-state index in [9.17, 15) is 13.6 Å². The summed E-state index contributed by atoms with van der Waals surface area (Å²) >= 11 is 0. The van der Waals surface area contributed by atoms with Gasteiger partial charge >= 0.3 is 0 Å². The number of amides is 1. The molecule has 1 aliphatic heterocycles. The zero-order chi connectivity index (χ0) is 19.4. The van der Waals surface area contributed by atoms with Crippen LogP contribution < -0.4 is 4.90 Å². The summed E-state index contributed by atoms with van der Waals surface area (Å²) in [4.78, 5) is 16.7. The molecule has 0 bridgehead atoms. The molecule has 0 saturated carbocycles. The van der Waals surface area contributed by atoms with Gasteiger partial charge in [-0.05, 0) is 43.5 Å². The fourth-order valence-corrected chi connectivity index (χ4v) is 3.73. The summed E-state index contributed by atoms with van der Waals surface area (Å²) in [6, 6.07) is 11.9. The molecule has 3 rings (SSSR count). The van der Waals surface area contributed by atoms with E-state index in [0.29, 0.717) is 18.5 Å². The maximum atomic E-state index is 13.9. The zero-order valence-corrected chi connectivity index (χ0v) is 15.9. The monoisotopic (exact) mass is 372 g/mol. The molecule has 0 N–H and O–H groups in total. The van der Waals surface area contributed by atoms with Crippen molar-refractivity contribution in [2.24, 2.45) is 0 Å². The summed E-state index contributed by atoms with van der Waals surface area (Å²) < 4.78 is 27.0. The van der Waals surface area contributed by atoms with Crippen molar-refractivity contribution in [2.45, 2.75) is 45.7 Å². The Hall–Kier alpha value is -2.27. The van der Waals surface area contributed by atoms with Crippen molar-refractivity contribution in [3.63, 3.8) is 0 Å². The molecule has 0 unspecified atom stereocenters. The lowest BCUT2D eigenvalue weighted by Gasteiger charge is -2.38. The fourth-order valence-electron chi connectivity index (χ4n) is 3.73. The highest BCUT2D eigenvalue weighted by molar-refractivity contribution is 5.93. The van der Waals surface area contributed by atoms with E-state index in [-0.39, 0.29) is 11.9 Å². The predicted octanol–water partition coefficient (Wildman–Crippen LogP) is 4.68. The van der Waals surface area contributed by atoms with Crippen molar-refractivity contribution < 1.29 is 13.6 Å². The van der Waals surface area contributed by atoms with E-state index in [1.54, 1.807) is 0 Å². The number of hydrogen-bond acceptors (Lipinski definition) is 2. The van der Waals surface area contributed by atoms with Crippen LogP contribution >= 0.6 is 0 Å². The van der Waals surface area contributed by atoms with Gasteiger partial charge in [0.2, 0.25) is 5.91 Å². The Morgan fingerprint density at radius 3 is 2.52 bits per heavy atom. The largest absolute Gasteiger partial charge is 0.309 e. The van der Waals surface area contributed by atoms with Crippen LogP contribution in [0.5, 0.6) is 0 Å². The van der Waals surface area contributed by atoms with Crippen LogP contribution in [0.3, 0.4) is 0 Å². The fraction of sp³-hybridized carbons (Fsp3) is 0.409. The number of piperidine rings is 1. The second kappa shape index (κ2) is 8.61. The van der Waals surface area contributed by atoms with Crippen LogP contribution in [0.15, 0.2) is 42.5 Å². The second-order valence-electron chi connectivity index (χ2n) is 7.20. The van der Waals surface area contributed by atoms with E-state index in [1.807, 2.05) is 43.0 Å². The molecule has 5 heteroatoms. The lowest BCUT2D eigenvalue weighted by molar-refractivity contribution is -0.119. The van der Waals surface area contributed by atoms with Gasteiger partial charge in [0.25, 0.3) is 0 Å². The topological polar surface area (TPSA) is 23.6 Å². The number of likely N-dealkylation sites (tertiary alicyclic amines) is 1. The van der Waals surface area contributed by atoms with Crippen LogP contribution in [0.25, 0.3) is 0 Å². The van der Waals surface area contributed by atoms with E-state index in [2.05, 4.69) is 4.90 Å². The van der Waals surface area contributed by atoms with Gasteiger partial charge in [0.1, 0.15) is 11.6 Å². The Kier molecular flexibility index (Phi) is 6.22. The normalized spacial score (nSPS) is 15.7. The first-order chi connectivity index (χ1) is 13.0. The third-order valence-corrected chi connectivity index (χ3v) is 5.18. The Bertz CT molecular complexity index is 801. The summed E-state index contributed by atoms with van der Waals surface area (Å²) in [5, 5.41) is 0. The number of hydrogen-bond donors (Lipinski definition) is 0. The third kappa shape index (κ3) is 4.72. The quantitative estimate of drug-likeness (QED) is 0.761. The maximum Gasteiger partial charge on any atom is 0.226 e. The summed E-state index contributed by atoms with van der Waals surface area (Å²) in [6.07, 6.45) is 2.14. The number of carbonyl (C=O) groups is 1. The van der Waals surface area contributed by atoms with Crippen LogP contribution in [-0.4, -0.2) is 29.9 Å². The SMILES string of the molecule is CCC(=O)N(c1cccc(C)c1)C1CCN(Cc2ccc(F)cc2F)CC1. The first kappa shape index (κ1) is 19.5. The van der Waals surface area contributed by atoms with Gasteiger partial charge in [0, 0.05) is 49.4 Å². The van der Waals surface area contributed by atoms with Crippen molar-refractivity contribution >= 4 is 11.6 Å². The number of halogens is 2.